The van der Waals surface area contributed by atoms with Gasteiger partial charge in [0.1, 0.15) is 6.61 Å². The van der Waals surface area contributed by atoms with Crippen molar-refractivity contribution >= 4 is 5.91 Å². The molecule has 0 aromatic carbocycles. The SMILES string of the molecule is C=C1CC2CCC(C1)N2C(=O)COC. The van der Waals surface area contributed by atoms with Gasteiger partial charge in [0.2, 0.25) is 5.91 Å². The van der Waals surface area contributed by atoms with E-state index in [1.54, 1.807) is 7.11 Å². The van der Waals surface area contributed by atoms with E-state index in [1.807, 2.05) is 4.90 Å². The lowest BCUT2D eigenvalue weighted by atomic mass is 9.98. The number of methoxy groups -OCH3 is 1. The zero-order chi connectivity index (χ0) is 10.1. The van der Waals surface area contributed by atoms with Gasteiger partial charge in [-0.25, -0.2) is 0 Å². The van der Waals surface area contributed by atoms with Crippen molar-refractivity contribution in [3.63, 3.8) is 0 Å². The zero-order valence-corrected chi connectivity index (χ0v) is 8.66. The second kappa shape index (κ2) is 3.73. The summed E-state index contributed by atoms with van der Waals surface area (Å²) in [5.74, 6) is 0.146. The average molecular weight is 195 g/mol. The fourth-order valence-electron chi connectivity index (χ4n) is 2.72. The van der Waals surface area contributed by atoms with E-state index < -0.39 is 0 Å². The summed E-state index contributed by atoms with van der Waals surface area (Å²) in [5, 5.41) is 0. The molecule has 2 heterocycles. The number of nitrogens with zero attached hydrogens (tertiary/aromatic N) is 1. The third-order valence-electron chi connectivity index (χ3n) is 3.22. The maximum atomic E-state index is 11.7. The van der Waals surface area contributed by atoms with Crippen molar-refractivity contribution in [3.8, 4) is 0 Å². The standard InChI is InChI=1S/C11H17NO2/c1-8-5-9-3-4-10(6-8)12(9)11(13)7-14-2/h9-10H,1,3-7H2,2H3. The fourth-order valence-corrected chi connectivity index (χ4v) is 2.72. The van der Waals surface area contributed by atoms with Crippen LogP contribution < -0.4 is 0 Å². The van der Waals surface area contributed by atoms with Crippen LogP contribution in [-0.2, 0) is 9.53 Å². The van der Waals surface area contributed by atoms with Crippen LogP contribution in [0.25, 0.3) is 0 Å². The molecule has 2 unspecified atom stereocenters. The van der Waals surface area contributed by atoms with Crippen LogP contribution in [0.5, 0.6) is 0 Å². The molecule has 14 heavy (non-hydrogen) atoms. The van der Waals surface area contributed by atoms with Crippen LogP contribution in [0.2, 0.25) is 0 Å². The van der Waals surface area contributed by atoms with E-state index in [2.05, 4.69) is 6.58 Å². The average Bonchev–Trinajstić information content (AvgIpc) is 2.39. The summed E-state index contributed by atoms with van der Waals surface area (Å²) >= 11 is 0. The normalized spacial score (nSPS) is 30.9. The Labute approximate surface area is 84.7 Å². The Hall–Kier alpha value is -0.830. The first-order valence-electron chi connectivity index (χ1n) is 5.19. The van der Waals surface area contributed by atoms with Crippen molar-refractivity contribution in [2.24, 2.45) is 0 Å². The summed E-state index contributed by atoms with van der Waals surface area (Å²) < 4.78 is 4.89. The Morgan fingerprint density at radius 2 is 2.07 bits per heavy atom. The Morgan fingerprint density at radius 3 is 2.57 bits per heavy atom. The second-order valence-electron chi connectivity index (χ2n) is 4.28. The van der Waals surface area contributed by atoms with Gasteiger partial charge in [-0.2, -0.15) is 0 Å². The number of hydrogen-bond donors (Lipinski definition) is 0. The lowest BCUT2D eigenvalue weighted by Gasteiger charge is -2.35. The van der Waals surface area contributed by atoms with Gasteiger partial charge >= 0.3 is 0 Å². The van der Waals surface area contributed by atoms with Crippen molar-refractivity contribution in [1.82, 2.24) is 4.90 Å². The first kappa shape index (κ1) is 9.71. The molecule has 2 aliphatic heterocycles. The molecule has 2 fully saturated rings. The number of carbonyl (C=O) groups excluding carboxylic acids is 1. The largest absolute Gasteiger partial charge is 0.375 e. The van der Waals surface area contributed by atoms with E-state index in [1.165, 1.54) is 5.57 Å². The van der Waals surface area contributed by atoms with Crippen LogP contribution >= 0.6 is 0 Å². The summed E-state index contributed by atoms with van der Waals surface area (Å²) in [5.41, 5.74) is 1.30. The first-order chi connectivity index (χ1) is 6.72. The molecular formula is C11H17NO2. The third-order valence-corrected chi connectivity index (χ3v) is 3.22. The fraction of sp³-hybridized carbons (Fsp3) is 0.727. The topological polar surface area (TPSA) is 29.5 Å². The minimum Gasteiger partial charge on any atom is -0.375 e. The van der Waals surface area contributed by atoms with Crippen LogP contribution in [0.3, 0.4) is 0 Å². The van der Waals surface area contributed by atoms with Gasteiger partial charge in [-0.05, 0) is 25.7 Å². The predicted molar refractivity (Wildman–Crippen MR) is 53.9 cm³/mol. The highest BCUT2D eigenvalue weighted by atomic mass is 16.5. The van der Waals surface area contributed by atoms with E-state index in [9.17, 15) is 4.79 Å². The molecule has 3 heteroatoms. The second-order valence-corrected chi connectivity index (χ2v) is 4.28. The van der Waals surface area contributed by atoms with Gasteiger partial charge in [-0.15, -0.1) is 0 Å². The van der Waals surface area contributed by atoms with Crippen molar-refractivity contribution in [3.05, 3.63) is 12.2 Å². The molecule has 0 radical (unpaired) electrons. The molecule has 0 N–H and O–H groups in total. The lowest BCUT2D eigenvalue weighted by molar-refractivity contribution is -0.138. The number of amides is 1. The van der Waals surface area contributed by atoms with E-state index in [4.69, 9.17) is 4.74 Å². The number of carbonyl (C=O) groups is 1. The van der Waals surface area contributed by atoms with Gasteiger partial charge in [-0.3, -0.25) is 4.79 Å². The van der Waals surface area contributed by atoms with Gasteiger partial charge in [0.25, 0.3) is 0 Å². The first-order valence-corrected chi connectivity index (χ1v) is 5.19. The molecule has 2 rings (SSSR count). The van der Waals surface area contributed by atoms with Crippen LogP contribution in [0.4, 0.5) is 0 Å². The maximum Gasteiger partial charge on any atom is 0.249 e. The molecule has 3 nitrogen and oxygen atoms in total. The third kappa shape index (κ3) is 1.57. The molecule has 0 saturated carbocycles. The number of piperidine rings is 1. The monoisotopic (exact) mass is 195 g/mol. The molecule has 0 aromatic heterocycles. The highest BCUT2D eigenvalue weighted by Gasteiger charge is 2.40. The van der Waals surface area contributed by atoms with Crippen molar-refractivity contribution in [2.45, 2.75) is 37.8 Å². The number of rotatable bonds is 2. The van der Waals surface area contributed by atoms with E-state index in [-0.39, 0.29) is 12.5 Å². The molecule has 2 atom stereocenters. The summed E-state index contributed by atoms with van der Waals surface area (Å²) in [6, 6.07) is 0.813. The Bertz CT molecular complexity index is 246. The molecule has 0 spiro atoms. The molecule has 2 aliphatic rings. The number of fused-ring (bicyclic) bond motifs is 2. The van der Waals surface area contributed by atoms with Crippen molar-refractivity contribution < 1.29 is 9.53 Å². The van der Waals surface area contributed by atoms with Gasteiger partial charge in [0.05, 0.1) is 0 Å². The molecule has 0 aliphatic carbocycles. The molecule has 78 valence electrons. The molecule has 0 aromatic rings. The van der Waals surface area contributed by atoms with Crippen LogP contribution in [0, 0.1) is 0 Å². The van der Waals surface area contributed by atoms with Crippen LogP contribution in [-0.4, -0.2) is 36.6 Å². The van der Waals surface area contributed by atoms with Gasteiger partial charge in [-0.1, -0.05) is 12.2 Å². The van der Waals surface area contributed by atoms with E-state index in [0.717, 1.165) is 25.7 Å². The highest BCUT2D eigenvalue weighted by Crippen LogP contribution is 2.37. The number of ether oxygens (including phenoxy) is 1. The molecular weight excluding hydrogens is 178 g/mol. The quantitative estimate of drug-likeness (QED) is 0.622. The van der Waals surface area contributed by atoms with Crippen LogP contribution in [0.1, 0.15) is 25.7 Å². The van der Waals surface area contributed by atoms with Gasteiger partial charge < -0.3 is 9.64 Å². The Morgan fingerprint density at radius 1 is 1.50 bits per heavy atom. The van der Waals surface area contributed by atoms with Crippen molar-refractivity contribution in [2.75, 3.05) is 13.7 Å². The Kier molecular flexibility index (Phi) is 2.59. The summed E-state index contributed by atoms with van der Waals surface area (Å²) in [6.07, 6.45) is 4.26. The summed E-state index contributed by atoms with van der Waals surface area (Å²) in [4.78, 5) is 13.8. The molecule has 2 saturated heterocycles. The summed E-state index contributed by atoms with van der Waals surface area (Å²) in [7, 11) is 1.57. The number of hydrogen-bond acceptors (Lipinski definition) is 2. The van der Waals surface area contributed by atoms with Crippen molar-refractivity contribution in [1.29, 1.82) is 0 Å². The van der Waals surface area contributed by atoms with E-state index >= 15 is 0 Å². The predicted octanol–water partition coefficient (Wildman–Crippen LogP) is 1.34. The Balaban J connectivity index is 2.07. The highest BCUT2D eigenvalue weighted by molar-refractivity contribution is 5.78. The van der Waals surface area contributed by atoms with Gasteiger partial charge in [0.15, 0.2) is 0 Å². The maximum absolute atomic E-state index is 11.7. The molecule has 2 bridgehead atoms. The zero-order valence-electron chi connectivity index (χ0n) is 8.66. The van der Waals surface area contributed by atoms with Crippen LogP contribution in [0.15, 0.2) is 12.2 Å². The smallest absolute Gasteiger partial charge is 0.249 e. The molecule has 1 amide bonds. The summed E-state index contributed by atoms with van der Waals surface area (Å²) in [6.45, 7) is 4.25. The minimum atomic E-state index is 0.146. The minimum absolute atomic E-state index is 0.146. The lowest BCUT2D eigenvalue weighted by Crippen LogP contribution is -2.46. The van der Waals surface area contributed by atoms with Gasteiger partial charge in [0, 0.05) is 19.2 Å². The van der Waals surface area contributed by atoms with E-state index in [0.29, 0.717) is 12.1 Å².